The fourth-order valence-electron chi connectivity index (χ4n) is 2.72. The van der Waals surface area contributed by atoms with Crippen LogP contribution in [0.15, 0.2) is 0 Å². The van der Waals surface area contributed by atoms with Crippen molar-refractivity contribution in [1.82, 2.24) is 0 Å². The molecule has 1 unspecified atom stereocenters. The Bertz CT molecular complexity index is 286. The normalized spacial score (nSPS) is 12.6. The van der Waals surface area contributed by atoms with E-state index < -0.39 is 5.56 Å². The quantitative estimate of drug-likeness (QED) is 0.203. The van der Waals surface area contributed by atoms with E-state index in [4.69, 9.17) is 16.3 Å². The second-order valence-electron chi connectivity index (χ2n) is 7.04. The molecule has 0 saturated carbocycles. The Balaban J connectivity index is 0. The molecular weight excluding hydrogens is 333 g/mol. The Hall–Kier alpha value is 0.01000. The van der Waals surface area contributed by atoms with Gasteiger partial charge in [0.25, 0.3) is 0 Å². The van der Waals surface area contributed by atoms with Crippen LogP contribution in [0.4, 0.5) is 0 Å². The molecular formula is C18H37Cl2NO2. The molecule has 140 valence electrons. The highest BCUT2D eigenvalue weighted by Gasteiger charge is 2.21. The number of ether oxygens (including phenoxy) is 1. The molecule has 0 aromatic heterocycles. The molecule has 0 saturated heterocycles. The highest BCUT2D eigenvalue weighted by atomic mass is 35.5. The van der Waals surface area contributed by atoms with Crippen molar-refractivity contribution in [2.45, 2.75) is 83.6 Å². The van der Waals surface area contributed by atoms with Crippen LogP contribution in [0.2, 0.25) is 0 Å². The summed E-state index contributed by atoms with van der Waals surface area (Å²) in [5, 5.41) is 0. The molecule has 0 aliphatic rings. The smallest absolute Gasteiger partial charge is 0.304 e. The molecule has 0 bridgehead atoms. The minimum Gasteiger partial charge on any atom is -1.00 e. The van der Waals surface area contributed by atoms with Crippen LogP contribution in [0.25, 0.3) is 0 Å². The fraction of sp³-hybridized carbons (Fsp3) is 0.944. The first kappa shape index (κ1) is 25.3. The van der Waals surface area contributed by atoms with Gasteiger partial charge < -0.3 is 21.6 Å². The Morgan fingerprint density at radius 1 is 0.957 bits per heavy atom. The number of carbonyl (C=O) groups excluding carboxylic acids is 1. The lowest BCUT2D eigenvalue weighted by Crippen LogP contribution is -3.00. The molecule has 3 nitrogen and oxygen atoms in total. The molecule has 1 atom stereocenters. The molecule has 0 aliphatic carbocycles. The molecule has 0 aromatic carbocycles. The first-order chi connectivity index (χ1) is 10.4. The number of likely N-dealkylation sites (N-methyl/N-ethyl adjacent to an activating group) is 1. The number of quaternary nitrogens is 1. The summed E-state index contributed by atoms with van der Waals surface area (Å²) in [7, 11) is 4.29. The number of alkyl halides is 1. The van der Waals surface area contributed by atoms with E-state index in [1.54, 1.807) is 0 Å². The second-order valence-corrected chi connectivity index (χ2v) is 7.53. The number of hydrogen-bond donors (Lipinski definition) is 0. The first-order valence-corrected chi connectivity index (χ1v) is 9.44. The van der Waals surface area contributed by atoms with Gasteiger partial charge in [0.2, 0.25) is 5.56 Å². The number of hydrogen-bond acceptors (Lipinski definition) is 2. The van der Waals surface area contributed by atoms with Crippen LogP contribution in [0.1, 0.15) is 78.1 Å². The van der Waals surface area contributed by atoms with E-state index in [-0.39, 0.29) is 18.4 Å². The third-order valence-electron chi connectivity index (χ3n) is 4.05. The molecule has 0 amide bonds. The van der Waals surface area contributed by atoms with Gasteiger partial charge in [0.15, 0.2) is 0 Å². The maximum absolute atomic E-state index is 10.9. The second kappa shape index (κ2) is 15.5. The molecule has 0 fully saturated rings. The van der Waals surface area contributed by atoms with Crippen LogP contribution in [-0.2, 0) is 9.53 Å². The van der Waals surface area contributed by atoms with Gasteiger partial charge in [0.05, 0.1) is 20.6 Å². The Morgan fingerprint density at radius 2 is 1.39 bits per heavy atom. The highest BCUT2D eigenvalue weighted by molar-refractivity contribution is 6.20. The van der Waals surface area contributed by atoms with Crippen LogP contribution in [0, 0.1) is 0 Å². The maximum Gasteiger partial charge on any atom is 0.304 e. The summed E-state index contributed by atoms with van der Waals surface area (Å²) in [5.41, 5.74) is -0.518. The van der Waals surface area contributed by atoms with Crippen LogP contribution in [-0.4, -0.2) is 43.2 Å². The van der Waals surface area contributed by atoms with Gasteiger partial charge >= 0.3 is 5.97 Å². The van der Waals surface area contributed by atoms with Gasteiger partial charge in [-0.3, -0.25) is 4.79 Å². The number of rotatable bonds is 14. The topological polar surface area (TPSA) is 26.3 Å². The number of halogens is 2. The van der Waals surface area contributed by atoms with Crippen molar-refractivity contribution in [3.8, 4) is 0 Å². The summed E-state index contributed by atoms with van der Waals surface area (Å²) in [4.78, 5) is 10.9. The Morgan fingerprint density at radius 3 is 1.83 bits per heavy atom. The predicted octanol–water partition coefficient (Wildman–Crippen LogP) is 2.12. The zero-order chi connectivity index (χ0) is 16.8. The molecule has 0 aromatic rings. The van der Waals surface area contributed by atoms with E-state index in [0.717, 1.165) is 11.0 Å². The van der Waals surface area contributed by atoms with Crippen molar-refractivity contribution in [1.29, 1.82) is 0 Å². The van der Waals surface area contributed by atoms with E-state index in [0.29, 0.717) is 6.54 Å². The van der Waals surface area contributed by atoms with E-state index in [1.165, 1.54) is 71.1 Å². The maximum atomic E-state index is 10.9. The largest absolute Gasteiger partial charge is 1.00 e. The van der Waals surface area contributed by atoms with Crippen molar-refractivity contribution < 1.29 is 26.4 Å². The molecule has 0 heterocycles. The van der Waals surface area contributed by atoms with Crippen molar-refractivity contribution in [3.63, 3.8) is 0 Å². The highest BCUT2D eigenvalue weighted by Crippen LogP contribution is 2.13. The summed E-state index contributed by atoms with van der Waals surface area (Å²) in [5.74, 6) is -0.307. The number of nitrogens with zero attached hydrogens (tertiary/aromatic N) is 1. The van der Waals surface area contributed by atoms with Gasteiger partial charge in [-0.1, -0.05) is 69.9 Å². The third kappa shape index (κ3) is 18.2. The van der Waals surface area contributed by atoms with Gasteiger partial charge in [0, 0.05) is 6.92 Å². The molecule has 0 rings (SSSR count). The van der Waals surface area contributed by atoms with Crippen LogP contribution in [0.5, 0.6) is 0 Å². The summed E-state index contributed by atoms with van der Waals surface area (Å²) >= 11 is 6.04. The summed E-state index contributed by atoms with van der Waals surface area (Å²) in [6.07, 6.45) is 13.5. The number of esters is 1. The SMILES string of the molecule is CCCCCCCCCCCC[N+](C)(C)CC(Cl)OC(C)=O.[Cl-]. The lowest BCUT2D eigenvalue weighted by Gasteiger charge is -2.31. The van der Waals surface area contributed by atoms with Crippen molar-refractivity contribution in [2.75, 3.05) is 27.2 Å². The minimum atomic E-state index is -0.518. The van der Waals surface area contributed by atoms with Crippen LogP contribution >= 0.6 is 11.6 Å². The van der Waals surface area contributed by atoms with Gasteiger partial charge in [-0.05, 0) is 12.8 Å². The monoisotopic (exact) mass is 369 g/mol. The third-order valence-corrected chi connectivity index (χ3v) is 4.28. The van der Waals surface area contributed by atoms with Crippen LogP contribution in [0.3, 0.4) is 0 Å². The zero-order valence-corrected chi connectivity index (χ0v) is 17.1. The van der Waals surface area contributed by atoms with E-state index in [2.05, 4.69) is 21.0 Å². The predicted molar refractivity (Wildman–Crippen MR) is 95.1 cm³/mol. The van der Waals surface area contributed by atoms with E-state index in [9.17, 15) is 4.79 Å². The van der Waals surface area contributed by atoms with Crippen molar-refractivity contribution in [3.05, 3.63) is 0 Å². The molecule has 0 N–H and O–H groups in total. The van der Waals surface area contributed by atoms with Crippen LogP contribution < -0.4 is 12.4 Å². The Labute approximate surface area is 155 Å². The first-order valence-electron chi connectivity index (χ1n) is 9.00. The lowest BCUT2D eigenvalue weighted by molar-refractivity contribution is -0.892. The minimum absolute atomic E-state index is 0. The van der Waals surface area contributed by atoms with Crippen molar-refractivity contribution >= 4 is 17.6 Å². The summed E-state index contributed by atoms with van der Waals surface area (Å²) < 4.78 is 5.80. The molecule has 0 spiro atoms. The lowest BCUT2D eigenvalue weighted by atomic mass is 10.1. The van der Waals surface area contributed by atoms with E-state index >= 15 is 0 Å². The summed E-state index contributed by atoms with van der Waals surface area (Å²) in [6.45, 7) is 5.41. The van der Waals surface area contributed by atoms with Crippen molar-refractivity contribution in [2.24, 2.45) is 0 Å². The molecule has 0 radical (unpaired) electrons. The summed E-state index contributed by atoms with van der Waals surface area (Å²) in [6, 6.07) is 0. The average Bonchev–Trinajstić information content (AvgIpc) is 2.39. The van der Waals surface area contributed by atoms with E-state index in [1.807, 2.05) is 0 Å². The average molecular weight is 370 g/mol. The van der Waals surface area contributed by atoms with Gasteiger partial charge in [0.1, 0.15) is 6.54 Å². The molecule has 0 aliphatic heterocycles. The zero-order valence-electron chi connectivity index (χ0n) is 15.6. The number of unbranched alkanes of at least 4 members (excludes halogenated alkanes) is 9. The van der Waals surface area contributed by atoms with Gasteiger partial charge in [-0.25, -0.2) is 0 Å². The fourth-order valence-corrected chi connectivity index (χ4v) is 3.22. The molecule has 5 heteroatoms. The standard InChI is InChI=1S/C18H37ClNO2.ClH/c1-5-6-7-8-9-10-11-12-13-14-15-20(3,4)16-18(19)22-17(2)21;/h18H,5-16H2,1-4H3;1H/q+1;/p-1. The number of carbonyl (C=O) groups is 1. The Kier molecular flexibility index (Phi) is 17.1. The van der Waals surface area contributed by atoms with Gasteiger partial charge in [-0.2, -0.15) is 0 Å². The molecule has 23 heavy (non-hydrogen) atoms. The van der Waals surface area contributed by atoms with Gasteiger partial charge in [-0.15, -0.1) is 0 Å².